The number of halogens is 1. The summed E-state index contributed by atoms with van der Waals surface area (Å²) in [5.74, 6) is 0. The summed E-state index contributed by atoms with van der Waals surface area (Å²) in [6.45, 7) is 4.89. The maximum atomic E-state index is 6.44. The number of aromatic nitrogens is 2. The van der Waals surface area contributed by atoms with Crippen molar-refractivity contribution in [3.63, 3.8) is 0 Å². The van der Waals surface area contributed by atoms with Gasteiger partial charge in [0.15, 0.2) is 0 Å². The quantitative estimate of drug-likeness (QED) is 0.812. The van der Waals surface area contributed by atoms with Crippen molar-refractivity contribution in [3.8, 4) is 0 Å². The number of nitrogens with one attached hydrogen (secondary N) is 1. The number of nitrogens with zero attached hydrogens (tertiary/aromatic N) is 2. The number of benzene rings is 1. The standard InChI is InChI=1S/C16H22ClN3S/c1-5-20-14(16(17)11(2)19-20)10-13(18-3)12-8-6-7-9-15(12)21-4/h6-9,13,18H,5,10H2,1-4H3. The number of hydrogen-bond acceptors (Lipinski definition) is 3. The molecule has 0 aliphatic carbocycles. The molecular formula is C16H22ClN3S. The van der Waals surface area contributed by atoms with Gasteiger partial charge in [-0.2, -0.15) is 5.10 Å². The SMILES string of the molecule is CCn1nc(C)c(Cl)c1CC(NC)c1ccccc1SC. The molecule has 2 aromatic rings. The molecule has 1 aromatic carbocycles. The van der Waals surface area contributed by atoms with Crippen molar-refractivity contribution in [2.45, 2.75) is 37.8 Å². The van der Waals surface area contributed by atoms with E-state index < -0.39 is 0 Å². The first kappa shape index (κ1) is 16.4. The lowest BCUT2D eigenvalue weighted by Gasteiger charge is -2.20. The lowest BCUT2D eigenvalue weighted by atomic mass is 10.0. The van der Waals surface area contributed by atoms with Gasteiger partial charge in [-0.05, 0) is 38.8 Å². The van der Waals surface area contributed by atoms with Crippen LogP contribution in [0.1, 0.15) is 29.9 Å². The van der Waals surface area contributed by atoms with Crippen molar-refractivity contribution in [3.05, 3.63) is 46.2 Å². The fraction of sp³-hybridized carbons (Fsp3) is 0.438. The van der Waals surface area contributed by atoms with Gasteiger partial charge in [-0.25, -0.2) is 0 Å². The molecule has 5 heteroatoms. The number of aryl methyl sites for hydroxylation is 2. The molecule has 1 N–H and O–H groups in total. The van der Waals surface area contributed by atoms with E-state index in [9.17, 15) is 0 Å². The summed E-state index contributed by atoms with van der Waals surface area (Å²) in [5.41, 5.74) is 3.32. The number of thioether (sulfide) groups is 1. The Kier molecular flexibility index (Phi) is 5.73. The van der Waals surface area contributed by atoms with Crippen LogP contribution in [0.4, 0.5) is 0 Å². The van der Waals surface area contributed by atoms with Crippen molar-refractivity contribution < 1.29 is 0 Å². The Morgan fingerprint density at radius 2 is 2.10 bits per heavy atom. The Bertz CT molecular complexity index is 610. The van der Waals surface area contributed by atoms with E-state index in [2.05, 4.69) is 47.9 Å². The van der Waals surface area contributed by atoms with Gasteiger partial charge in [-0.3, -0.25) is 4.68 Å². The molecule has 21 heavy (non-hydrogen) atoms. The zero-order valence-electron chi connectivity index (χ0n) is 13.0. The first-order valence-corrected chi connectivity index (χ1v) is 8.74. The fourth-order valence-corrected chi connectivity index (χ4v) is 3.45. The molecule has 0 saturated heterocycles. The molecule has 2 rings (SSSR count). The minimum Gasteiger partial charge on any atom is -0.313 e. The predicted octanol–water partition coefficient (Wildman–Crippen LogP) is 4.09. The van der Waals surface area contributed by atoms with Crippen LogP contribution in [-0.2, 0) is 13.0 Å². The van der Waals surface area contributed by atoms with E-state index in [1.54, 1.807) is 11.8 Å². The molecule has 3 nitrogen and oxygen atoms in total. The highest BCUT2D eigenvalue weighted by molar-refractivity contribution is 7.98. The van der Waals surface area contributed by atoms with Crippen molar-refractivity contribution in [1.29, 1.82) is 0 Å². The third kappa shape index (κ3) is 3.44. The number of rotatable bonds is 6. The van der Waals surface area contributed by atoms with E-state index in [-0.39, 0.29) is 6.04 Å². The van der Waals surface area contributed by atoms with E-state index >= 15 is 0 Å². The Morgan fingerprint density at radius 3 is 2.71 bits per heavy atom. The third-order valence-corrected chi connectivity index (χ3v) is 5.02. The molecule has 114 valence electrons. The van der Waals surface area contributed by atoms with Crippen LogP contribution in [0.15, 0.2) is 29.2 Å². The van der Waals surface area contributed by atoms with Crippen LogP contribution in [0.2, 0.25) is 5.02 Å². The molecule has 0 fully saturated rings. The molecule has 1 unspecified atom stereocenters. The second-order valence-corrected chi connectivity index (χ2v) is 6.18. The highest BCUT2D eigenvalue weighted by Gasteiger charge is 2.19. The molecule has 0 saturated carbocycles. The van der Waals surface area contributed by atoms with Crippen molar-refractivity contribution in [2.24, 2.45) is 0 Å². The van der Waals surface area contributed by atoms with Crippen LogP contribution in [0.25, 0.3) is 0 Å². The summed E-state index contributed by atoms with van der Waals surface area (Å²) in [6.07, 6.45) is 2.95. The van der Waals surface area contributed by atoms with Gasteiger partial charge in [0.1, 0.15) is 0 Å². The average molecular weight is 324 g/mol. The van der Waals surface area contributed by atoms with E-state index in [1.165, 1.54) is 10.5 Å². The molecular weight excluding hydrogens is 302 g/mol. The highest BCUT2D eigenvalue weighted by Crippen LogP contribution is 2.30. The van der Waals surface area contributed by atoms with Crippen LogP contribution in [0, 0.1) is 6.92 Å². The highest BCUT2D eigenvalue weighted by atomic mass is 35.5. The van der Waals surface area contributed by atoms with Crippen molar-refractivity contribution in [1.82, 2.24) is 15.1 Å². The molecule has 0 spiro atoms. The van der Waals surface area contributed by atoms with Crippen LogP contribution in [0.5, 0.6) is 0 Å². The van der Waals surface area contributed by atoms with Crippen LogP contribution >= 0.6 is 23.4 Å². The molecule has 0 radical (unpaired) electrons. The average Bonchev–Trinajstić information content (AvgIpc) is 2.79. The number of likely N-dealkylation sites (N-methyl/N-ethyl adjacent to an activating group) is 1. The van der Waals surface area contributed by atoms with E-state index in [4.69, 9.17) is 11.6 Å². The van der Waals surface area contributed by atoms with Crippen LogP contribution < -0.4 is 5.32 Å². The van der Waals surface area contributed by atoms with Gasteiger partial charge >= 0.3 is 0 Å². The monoisotopic (exact) mass is 323 g/mol. The van der Waals surface area contributed by atoms with Crippen molar-refractivity contribution in [2.75, 3.05) is 13.3 Å². The fourth-order valence-electron chi connectivity index (χ4n) is 2.58. The summed E-state index contributed by atoms with van der Waals surface area (Å²) in [7, 11) is 2.00. The minimum atomic E-state index is 0.229. The number of hydrogen-bond donors (Lipinski definition) is 1. The lowest BCUT2D eigenvalue weighted by Crippen LogP contribution is -2.21. The zero-order chi connectivity index (χ0) is 15.4. The summed E-state index contributed by atoms with van der Waals surface area (Å²) < 4.78 is 2.00. The van der Waals surface area contributed by atoms with E-state index in [0.717, 1.165) is 29.4 Å². The van der Waals surface area contributed by atoms with Gasteiger partial charge in [0.05, 0.1) is 16.4 Å². The summed E-state index contributed by atoms with van der Waals surface area (Å²) in [5, 5.41) is 8.71. The smallest absolute Gasteiger partial charge is 0.0847 e. The van der Waals surface area contributed by atoms with Crippen LogP contribution in [0.3, 0.4) is 0 Å². The molecule has 0 amide bonds. The van der Waals surface area contributed by atoms with E-state index in [0.29, 0.717) is 0 Å². The van der Waals surface area contributed by atoms with E-state index in [1.807, 2.05) is 18.7 Å². The van der Waals surface area contributed by atoms with Gasteiger partial charge in [0, 0.05) is 23.9 Å². The summed E-state index contributed by atoms with van der Waals surface area (Å²) >= 11 is 8.21. The molecule has 0 aliphatic heterocycles. The minimum absolute atomic E-state index is 0.229. The second kappa shape index (κ2) is 7.34. The van der Waals surface area contributed by atoms with Gasteiger partial charge in [0.25, 0.3) is 0 Å². The lowest BCUT2D eigenvalue weighted by molar-refractivity contribution is 0.536. The van der Waals surface area contributed by atoms with Crippen LogP contribution in [-0.4, -0.2) is 23.1 Å². The van der Waals surface area contributed by atoms with Gasteiger partial charge in [-0.1, -0.05) is 29.8 Å². The predicted molar refractivity (Wildman–Crippen MR) is 91.4 cm³/mol. The van der Waals surface area contributed by atoms with Gasteiger partial charge in [-0.15, -0.1) is 11.8 Å². The molecule has 0 aliphatic rings. The Hall–Kier alpha value is -0.970. The zero-order valence-corrected chi connectivity index (χ0v) is 14.6. The van der Waals surface area contributed by atoms with Gasteiger partial charge in [0.2, 0.25) is 0 Å². The molecule has 1 atom stereocenters. The summed E-state index contributed by atoms with van der Waals surface area (Å²) in [4.78, 5) is 1.30. The molecule has 1 aromatic heterocycles. The maximum Gasteiger partial charge on any atom is 0.0847 e. The molecule has 1 heterocycles. The first-order chi connectivity index (χ1) is 10.1. The Morgan fingerprint density at radius 1 is 1.38 bits per heavy atom. The maximum absolute atomic E-state index is 6.44. The normalized spacial score (nSPS) is 12.6. The molecule has 0 bridgehead atoms. The van der Waals surface area contributed by atoms with Crippen molar-refractivity contribution >= 4 is 23.4 Å². The topological polar surface area (TPSA) is 29.9 Å². The third-order valence-electron chi connectivity index (χ3n) is 3.71. The largest absolute Gasteiger partial charge is 0.313 e. The first-order valence-electron chi connectivity index (χ1n) is 7.14. The second-order valence-electron chi connectivity index (χ2n) is 4.95. The Labute approximate surface area is 136 Å². The Balaban J connectivity index is 2.36. The summed E-state index contributed by atoms with van der Waals surface area (Å²) in [6, 6.07) is 8.74. The van der Waals surface area contributed by atoms with Gasteiger partial charge < -0.3 is 5.32 Å².